The number of likely N-dealkylation sites (tertiary alicyclic amines) is 1. The normalized spacial score (nSPS) is 27.1. The van der Waals surface area contributed by atoms with Gasteiger partial charge in [-0.1, -0.05) is 5.92 Å². The molecule has 2 aliphatic rings. The summed E-state index contributed by atoms with van der Waals surface area (Å²) in [6, 6.07) is 0.0423. The monoisotopic (exact) mass is 263 g/mol. The Balaban J connectivity index is 2.04. The molecule has 0 bridgehead atoms. The van der Waals surface area contributed by atoms with Gasteiger partial charge in [0.2, 0.25) is 0 Å². The fourth-order valence-corrected chi connectivity index (χ4v) is 2.44. The number of terminal acetylenes is 1. The predicted molar refractivity (Wildman–Crippen MR) is 74.0 cm³/mol. The van der Waals surface area contributed by atoms with Crippen LogP contribution < -0.4 is 5.32 Å². The molecule has 1 fully saturated rings. The minimum Gasteiger partial charge on any atom is -0.444 e. The second-order valence-electron chi connectivity index (χ2n) is 5.93. The first-order chi connectivity index (χ1) is 8.90. The highest BCUT2D eigenvalue weighted by atomic mass is 16.6. The van der Waals surface area contributed by atoms with Crippen molar-refractivity contribution in [2.75, 3.05) is 13.1 Å². The highest BCUT2D eigenvalue weighted by molar-refractivity contribution is 6.02. The molecule has 104 valence electrons. The van der Waals surface area contributed by atoms with Crippen LogP contribution in [-0.2, 0) is 4.74 Å². The number of ether oxygens (including phenoxy) is 1. The van der Waals surface area contributed by atoms with Gasteiger partial charge < -0.3 is 9.64 Å². The molecule has 1 saturated heterocycles. The molecule has 2 heterocycles. The third kappa shape index (κ3) is 3.27. The van der Waals surface area contributed by atoms with E-state index in [-0.39, 0.29) is 18.3 Å². The van der Waals surface area contributed by atoms with Gasteiger partial charge in [-0.15, -0.1) is 6.42 Å². The predicted octanol–water partition coefficient (Wildman–Crippen LogP) is 1.39. The molecule has 1 amide bonds. The van der Waals surface area contributed by atoms with Crippen molar-refractivity contribution in [2.45, 2.75) is 51.4 Å². The van der Waals surface area contributed by atoms with E-state index in [1.165, 1.54) is 0 Å². The number of amides is 1. The minimum atomic E-state index is -0.472. The standard InChI is InChI=1S/C14H21N3O2/c1-5-10-9-15-12(16-10)11-7-6-8-17(11)13(18)19-14(2,3)4/h1,11-12,15H,6-9H2,2-4H3. The Morgan fingerprint density at radius 2 is 2.32 bits per heavy atom. The van der Waals surface area contributed by atoms with Crippen LogP contribution in [0, 0.1) is 12.3 Å². The first-order valence-corrected chi connectivity index (χ1v) is 6.67. The van der Waals surface area contributed by atoms with E-state index in [2.05, 4.69) is 16.2 Å². The topological polar surface area (TPSA) is 53.9 Å². The van der Waals surface area contributed by atoms with Crippen LogP contribution in [0.25, 0.3) is 0 Å². The van der Waals surface area contributed by atoms with Gasteiger partial charge in [0.25, 0.3) is 0 Å². The lowest BCUT2D eigenvalue weighted by molar-refractivity contribution is 0.0202. The number of rotatable bonds is 1. The Kier molecular flexibility index (Phi) is 3.81. The minimum absolute atomic E-state index is 0.0423. The van der Waals surface area contributed by atoms with Gasteiger partial charge in [-0.25, -0.2) is 4.79 Å². The summed E-state index contributed by atoms with van der Waals surface area (Å²) in [5.74, 6) is 2.55. The van der Waals surface area contributed by atoms with Crippen molar-refractivity contribution < 1.29 is 9.53 Å². The Labute approximate surface area is 114 Å². The van der Waals surface area contributed by atoms with Crippen molar-refractivity contribution in [3.05, 3.63) is 0 Å². The van der Waals surface area contributed by atoms with E-state index >= 15 is 0 Å². The number of carbonyl (C=O) groups is 1. The highest BCUT2D eigenvalue weighted by Crippen LogP contribution is 2.24. The second kappa shape index (κ2) is 5.22. The Morgan fingerprint density at radius 1 is 1.58 bits per heavy atom. The van der Waals surface area contributed by atoms with Crippen LogP contribution >= 0.6 is 0 Å². The molecule has 2 rings (SSSR count). The molecule has 5 heteroatoms. The number of hydrogen-bond donors (Lipinski definition) is 1. The van der Waals surface area contributed by atoms with E-state index < -0.39 is 5.60 Å². The number of hydrogen-bond acceptors (Lipinski definition) is 4. The second-order valence-corrected chi connectivity index (χ2v) is 5.93. The van der Waals surface area contributed by atoms with Crippen LogP contribution in [0.5, 0.6) is 0 Å². The fourth-order valence-electron chi connectivity index (χ4n) is 2.44. The van der Waals surface area contributed by atoms with Gasteiger partial charge in [0, 0.05) is 13.1 Å². The van der Waals surface area contributed by atoms with Crippen molar-refractivity contribution in [1.82, 2.24) is 10.2 Å². The molecular formula is C14H21N3O2. The largest absolute Gasteiger partial charge is 0.444 e. The third-order valence-corrected chi connectivity index (χ3v) is 3.23. The average molecular weight is 263 g/mol. The zero-order chi connectivity index (χ0) is 14.0. The molecule has 2 unspecified atom stereocenters. The van der Waals surface area contributed by atoms with Crippen LogP contribution in [0.4, 0.5) is 4.79 Å². The van der Waals surface area contributed by atoms with E-state index in [1.54, 1.807) is 4.90 Å². The zero-order valence-electron chi connectivity index (χ0n) is 11.8. The van der Waals surface area contributed by atoms with E-state index in [1.807, 2.05) is 20.8 Å². The lowest BCUT2D eigenvalue weighted by atomic mass is 10.2. The van der Waals surface area contributed by atoms with Crippen molar-refractivity contribution in [3.63, 3.8) is 0 Å². The van der Waals surface area contributed by atoms with E-state index in [9.17, 15) is 4.79 Å². The van der Waals surface area contributed by atoms with Gasteiger partial charge in [-0.2, -0.15) is 0 Å². The maximum absolute atomic E-state index is 12.2. The summed E-state index contributed by atoms with van der Waals surface area (Å²) in [4.78, 5) is 18.4. The van der Waals surface area contributed by atoms with Crippen LogP contribution in [0.3, 0.4) is 0 Å². The smallest absolute Gasteiger partial charge is 0.410 e. The quantitative estimate of drug-likeness (QED) is 0.727. The molecule has 2 aliphatic heterocycles. The summed E-state index contributed by atoms with van der Waals surface area (Å²) in [5.41, 5.74) is 0.252. The molecule has 5 nitrogen and oxygen atoms in total. The Morgan fingerprint density at radius 3 is 2.89 bits per heavy atom. The molecule has 2 atom stereocenters. The summed E-state index contributed by atoms with van der Waals surface area (Å²) in [6.07, 6.45) is 6.89. The van der Waals surface area contributed by atoms with E-state index in [4.69, 9.17) is 11.2 Å². The number of aliphatic imine (C=N–C) groups is 1. The molecule has 0 aromatic carbocycles. The van der Waals surface area contributed by atoms with Gasteiger partial charge in [-0.05, 0) is 33.6 Å². The molecule has 0 spiro atoms. The highest BCUT2D eigenvalue weighted by Gasteiger charge is 2.38. The van der Waals surface area contributed by atoms with Gasteiger partial charge >= 0.3 is 6.09 Å². The van der Waals surface area contributed by atoms with Crippen molar-refractivity contribution >= 4 is 11.8 Å². The van der Waals surface area contributed by atoms with Crippen LogP contribution in [0.15, 0.2) is 4.99 Å². The Bertz CT molecular complexity index is 431. The summed E-state index contributed by atoms with van der Waals surface area (Å²) >= 11 is 0. The lowest BCUT2D eigenvalue weighted by Crippen LogP contribution is -2.48. The maximum Gasteiger partial charge on any atom is 0.410 e. The molecule has 19 heavy (non-hydrogen) atoms. The summed E-state index contributed by atoms with van der Waals surface area (Å²) in [5, 5.41) is 3.25. The third-order valence-electron chi connectivity index (χ3n) is 3.23. The molecule has 0 aromatic rings. The zero-order valence-corrected chi connectivity index (χ0v) is 11.8. The van der Waals surface area contributed by atoms with E-state index in [0.29, 0.717) is 6.54 Å². The molecular weight excluding hydrogens is 242 g/mol. The summed E-state index contributed by atoms with van der Waals surface area (Å²) in [7, 11) is 0. The summed E-state index contributed by atoms with van der Waals surface area (Å²) in [6.45, 7) is 6.95. The summed E-state index contributed by atoms with van der Waals surface area (Å²) < 4.78 is 5.44. The van der Waals surface area contributed by atoms with Crippen molar-refractivity contribution in [3.8, 4) is 12.3 Å². The average Bonchev–Trinajstić information content (AvgIpc) is 2.95. The number of carbonyl (C=O) groups excluding carboxylic acids is 1. The van der Waals surface area contributed by atoms with Crippen LogP contribution in [-0.4, -0.2) is 47.6 Å². The molecule has 0 saturated carbocycles. The molecule has 1 N–H and O–H groups in total. The van der Waals surface area contributed by atoms with E-state index in [0.717, 1.165) is 25.1 Å². The van der Waals surface area contributed by atoms with Gasteiger partial charge in [-0.3, -0.25) is 10.3 Å². The number of nitrogens with one attached hydrogen (secondary N) is 1. The van der Waals surface area contributed by atoms with Crippen molar-refractivity contribution in [2.24, 2.45) is 4.99 Å². The van der Waals surface area contributed by atoms with Gasteiger partial charge in [0.05, 0.1) is 11.8 Å². The fraction of sp³-hybridized carbons (Fsp3) is 0.714. The van der Waals surface area contributed by atoms with Crippen LogP contribution in [0.2, 0.25) is 0 Å². The van der Waals surface area contributed by atoms with Gasteiger partial charge in [0.1, 0.15) is 11.8 Å². The lowest BCUT2D eigenvalue weighted by Gasteiger charge is -2.30. The molecule has 0 aliphatic carbocycles. The molecule has 0 radical (unpaired) electrons. The first kappa shape index (κ1) is 13.9. The number of nitrogens with zero attached hydrogens (tertiary/aromatic N) is 2. The van der Waals surface area contributed by atoms with Gasteiger partial charge in [0.15, 0.2) is 0 Å². The van der Waals surface area contributed by atoms with Crippen molar-refractivity contribution in [1.29, 1.82) is 0 Å². The maximum atomic E-state index is 12.2. The SMILES string of the molecule is C#CC1=NC(C2CCCN2C(=O)OC(C)(C)C)NC1. The molecule has 0 aromatic heterocycles. The Hall–Kier alpha value is -1.54. The van der Waals surface area contributed by atoms with Crippen LogP contribution in [0.1, 0.15) is 33.6 Å². The first-order valence-electron chi connectivity index (χ1n) is 6.67.